The van der Waals surface area contributed by atoms with Gasteiger partial charge in [0.25, 0.3) is 0 Å². The van der Waals surface area contributed by atoms with Crippen LogP contribution in [-0.4, -0.2) is 25.8 Å². The summed E-state index contributed by atoms with van der Waals surface area (Å²) in [7, 11) is -0.870. The molecule has 2 nitrogen and oxygen atoms in total. The lowest BCUT2D eigenvalue weighted by atomic mass is 10.0. The summed E-state index contributed by atoms with van der Waals surface area (Å²) in [4.78, 5) is 0. The van der Waals surface area contributed by atoms with E-state index in [9.17, 15) is 4.21 Å². The molecule has 0 unspecified atom stereocenters. The highest BCUT2D eigenvalue weighted by atomic mass is 32.2. The highest BCUT2D eigenvalue weighted by molar-refractivity contribution is 7.84. The van der Waals surface area contributed by atoms with E-state index in [-0.39, 0.29) is 4.75 Å². The quantitative estimate of drug-likeness (QED) is 0.681. The second-order valence-corrected chi connectivity index (χ2v) is 7.37. The van der Waals surface area contributed by atoms with Gasteiger partial charge in [0.15, 0.2) is 0 Å². The van der Waals surface area contributed by atoms with Crippen LogP contribution in [0.5, 0.6) is 0 Å². The molecule has 15 heavy (non-hydrogen) atoms. The molecular formula is C12H23NOS. The van der Waals surface area contributed by atoms with Crippen molar-refractivity contribution < 1.29 is 4.21 Å². The Kier molecular flexibility index (Phi) is 4.53. The summed E-state index contributed by atoms with van der Waals surface area (Å²) in [6.07, 6.45) is 6.50. The van der Waals surface area contributed by atoms with E-state index in [2.05, 4.69) is 10.9 Å². The molecule has 1 saturated heterocycles. The van der Waals surface area contributed by atoms with Crippen LogP contribution in [0.2, 0.25) is 0 Å². The normalized spacial score (nSPS) is 26.2. The molecule has 0 aliphatic carbocycles. The molecule has 0 aromatic heterocycles. The molecule has 1 aliphatic heterocycles. The van der Waals surface area contributed by atoms with Gasteiger partial charge in [-0.2, -0.15) is 0 Å². The van der Waals surface area contributed by atoms with Crippen molar-refractivity contribution >= 4 is 11.0 Å². The number of hydrogen-bond donors (Lipinski definition) is 0. The molecule has 2 atom stereocenters. The average Bonchev–Trinajstić information content (AvgIpc) is 2.17. The van der Waals surface area contributed by atoms with E-state index < -0.39 is 11.0 Å². The van der Waals surface area contributed by atoms with Crippen LogP contribution in [0.3, 0.4) is 0 Å². The van der Waals surface area contributed by atoms with Crippen LogP contribution in [-0.2, 0) is 11.0 Å². The molecule has 1 fully saturated rings. The Bertz CT molecular complexity index is 244. The summed E-state index contributed by atoms with van der Waals surface area (Å²) in [5, 5.41) is 0. The Morgan fingerprint density at radius 2 is 2.13 bits per heavy atom. The van der Waals surface area contributed by atoms with E-state index in [1.165, 1.54) is 12.8 Å². The third-order valence-electron chi connectivity index (χ3n) is 2.75. The van der Waals surface area contributed by atoms with E-state index in [0.717, 1.165) is 19.4 Å². The summed E-state index contributed by atoms with van der Waals surface area (Å²) in [6, 6.07) is 0.441. The first-order valence-corrected chi connectivity index (χ1v) is 6.87. The van der Waals surface area contributed by atoms with Crippen molar-refractivity contribution in [2.24, 2.45) is 0 Å². The Hall–Kier alpha value is -0.150. The fourth-order valence-corrected chi connectivity index (χ4v) is 3.43. The fourth-order valence-electron chi connectivity index (χ4n) is 1.97. The fraction of sp³-hybridized carbons (Fsp3) is 0.833. The SMILES string of the molecule is C=CC[C@H]1CCCCN1[S@@](=O)C(C)(C)C. The second-order valence-electron chi connectivity index (χ2n) is 5.18. The summed E-state index contributed by atoms with van der Waals surface area (Å²) >= 11 is 0. The maximum atomic E-state index is 12.3. The first-order valence-electron chi connectivity index (χ1n) is 5.76. The van der Waals surface area contributed by atoms with Crippen molar-refractivity contribution in [1.82, 2.24) is 4.31 Å². The molecule has 3 heteroatoms. The van der Waals surface area contributed by atoms with E-state index in [1.54, 1.807) is 0 Å². The van der Waals surface area contributed by atoms with Gasteiger partial charge in [0.05, 0.1) is 15.7 Å². The van der Waals surface area contributed by atoms with Gasteiger partial charge in [-0.05, 0) is 40.0 Å². The molecule has 0 radical (unpaired) electrons. The molecule has 88 valence electrons. The third-order valence-corrected chi connectivity index (χ3v) is 4.70. The zero-order chi connectivity index (χ0) is 11.5. The van der Waals surface area contributed by atoms with Crippen molar-refractivity contribution in [1.29, 1.82) is 0 Å². The molecule has 0 N–H and O–H groups in total. The maximum Gasteiger partial charge on any atom is 0.1000 e. The van der Waals surface area contributed by atoms with Crippen molar-refractivity contribution in [3.63, 3.8) is 0 Å². The van der Waals surface area contributed by atoms with Gasteiger partial charge in [-0.25, -0.2) is 8.51 Å². The van der Waals surface area contributed by atoms with Gasteiger partial charge in [-0.1, -0.05) is 12.5 Å². The van der Waals surface area contributed by atoms with Crippen molar-refractivity contribution in [2.45, 2.75) is 57.2 Å². The second kappa shape index (κ2) is 5.26. The predicted octanol–water partition coefficient (Wildman–Crippen LogP) is 2.88. The van der Waals surface area contributed by atoms with Crippen LogP contribution in [0.1, 0.15) is 46.5 Å². The Labute approximate surface area is 96.3 Å². The lowest BCUT2D eigenvalue weighted by molar-refractivity contribution is 0.261. The van der Waals surface area contributed by atoms with E-state index in [1.807, 2.05) is 26.8 Å². The smallest absolute Gasteiger partial charge is 0.1000 e. The zero-order valence-corrected chi connectivity index (χ0v) is 11.0. The Morgan fingerprint density at radius 1 is 1.47 bits per heavy atom. The minimum atomic E-state index is -0.870. The first kappa shape index (κ1) is 12.9. The molecule has 0 saturated carbocycles. The molecule has 0 aromatic carbocycles. The molecule has 0 amide bonds. The van der Waals surface area contributed by atoms with Gasteiger partial charge in [-0.15, -0.1) is 6.58 Å². The molecule has 1 aliphatic rings. The summed E-state index contributed by atoms with van der Waals surface area (Å²) in [6.45, 7) is 10.9. The predicted molar refractivity (Wildman–Crippen MR) is 67.1 cm³/mol. The van der Waals surface area contributed by atoms with Crippen LogP contribution in [0.25, 0.3) is 0 Å². The van der Waals surface area contributed by atoms with Gasteiger partial charge < -0.3 is 0 Å². The van der Waals surface area contributed by atoms with Crippen molar-refractivity contribution in [3.05, 3.63) is 12.7 Å². The first-order chi connectivity index (χ1) is 6.96. The molecule has 0 aromatic rings. The largest absolute Gasteiger partial charge is 0.242 e. The van der Waals surface area contributed by atoms with Gasteiger partial charge in [0.1, 0.15) is 0 Å². The summed E-state index contributed by atoms with van der Waals surface area (Å²) in [5.74, 6) is 0. The molecular weight excluding hydrogens is 206 g/mol. The van der Waals surface area contributed by atoms with Crippen LogP contribution in [0.4, 0.5) is 0 Å². The van der Waals surface area contributed by atoms with E-state index in [4.69, 9.17) is 0 Å². The third kappa shape index (κ3) is 3.42. The Balaban J connectivity index is 2.71. The van der Waals surface area contributed by atoms with Gasteiger partial charge in [-0.3, -0.25) is 0 Å². The van der Waals surface area contributed by atoms with E-state index >= 15 is 0 Å². The van der Waals surface area contributed by atoms with Gasteiger partial charge in [0, 0.05) is 12.6 Å². The lowest BCUT2D eigenvalue weighted by Gasteiger charge is -2.37. The van der Waals surface area contributed by atoms with Crippen LogP contribution >= 0.6 is 0 Å². The minimum absolute atomic E-state index is 0.142. The van der Waals surface area contributed by atoms with Gasteiger partial charge in [0.2, 0.25) is 0 Å². The monoisotopic (exact) mass is 229 g/mol. The topological polar surface area (TPSA) is 20.3 Å². The standard InChI is InChI=1S/C12H23NOS/c1-5-8-11-9-6-7-10-13(11)15(14)12(2,3)4/h5,11H,1,6-10H2,2-4H3/t11-,15-/m0/s1. The van der Waals surface area contributed by atoms with Crippen LogP contribution < -0.4 is 0 Å². The molecule has 0 bridgehead atoms. The molecule has 1 heterocycles. The zero-order valence-electron chi connectivity index (χ0n) is 10.2. The molecule has 1 rings (SSSR count). The maximum absolute atomic E-state index is 12.3. The van der Waals surface area contributed by atoms with Crippen LogP contribution in [0, 0.1) is 0 Å². The number of nitrogens with zero attached hydrogens (tertiary/aromatic N) is 1. The number of rotatable bonds is 3. The highest BCUT2D eigenvalue weighted by Gasteiger charge is 2.32. The van der Waals surface area contributed by atoms with E-state index in [0.29, 0.717) is 6.04 Å². The minimum Gasteiger partial charge on any atom is -0.242 e. The summed E-state index contributed by atoms with van der Waals surface area (Å²) < 4.78 is 14.3. The lowest BCUT2D eigenvalue weighted by Crippen LogP contribution is -2.46. The van der Waals surface area contributed by atoms with Gasteiger partial charge >= 0.3 is 0 Å². The van der Waals surface area contributed by atoms with Crippen LogP contribution in [0.15, 0.2) is 12.7 Å². The molecule has 0 spiro atoms. The van der Waals surface area contributed by atoms with Crippen molar-refractivity contribution in [3.8, 4) is 0 Å². The van der Waals surface area contributed by atoms with Crippen molar-refractivity contribution in [2.75, 3.05) is 6.54 Å². The number of piperidine rings is 1. The summed E-state index contributed by atoms with van der Waals surface area (Å²) in [5.41, 5.74) is 0. The Morgan fingerprint density at radius 3 is 2.67 bits per heavy atom. The number of hydrogen-bond acceptors (Lipinski definition) is 1. The highest BCUT2D eigenvalue weighted by Crippen LogP contribution is 2.26. The average molecular weight is 229 g/mol.